The third-order valence-corrected chi connectivity index (χ3v) is 12.4. The van der Waals surface area contributed by atoms with Gasteiger partial charge in [0.05, 0.1) is 27.6 Å². The van der Waals surface area contributed by atoms with Gasteiger partial charge in [-0.3, -0.25) is 4.57 Å². The van der Waals surface area contributed by atoms with Gasteiger partial charge in [-0.15, -0.1) is 0 Å². The monoisotopic (exact) mass is 724 g/mol. The van der Waals surface area contributed by atoms with Crippen molar-refractivity contribution in [2.24, 2.45) is 0 Å². The van der Waals surface area contributed by atoms with E-state index in [1.807, 2.05) is 12.1 Å². The van der Waals surface area contributed by atoms with Gasteiger partial charge in [-0.25, -0.2) is 9.97 Å². The summed E-state index contributed by atoms with van der Waals surface area (Å²) in [5.41, 5.74) is 9.88. The zero-order chi connectivity index (χ0) is 36.9. The molecular weight excluding hydrogens is 697 g/mol. The third-order valence-electron chi connectivity index (χ3n) is 12.4. The quantitative estimate of drug-likeness (QED) is 0.178. The van der Waals surface area contributed by atoms with Crippen LogP contribution in [-0.2, 0) is 0 Å². The van der Waals surface area contributed by atoms with E-state index in [0.717, 1.165) is 60.3 Å². The Morgan fingerprint density at radius 3 is 1.88 bits per heavy atom. The van der Waals surface area contributed by atoms with Crippen molar-refractivity contribution in [1.29, 1.82) is 0 Å². The second-order valence-electron chi connectivity index (χ2n) is 15.2. The molecule has 9 aromatic carbocycles. The maximum Gasteiger partial charge on any atom is 0.236 e. The molecule has 0 N–H and O–H groups in total. The molecule has 0 aliphatic heterocycles. The fraction of sp³-hybridized carbons (Fsp3) is 0. The fourth-order valence-electron chi connectivity index (χ4n) is 10.2. The van der Waals surface area contributed by atoms with E-state index in [0.29, 0.717) is 11.5 Å². The number of para-hydroxylation sites is 3. The molecule has 0 aliphatic rings. The van der Waals surface area contributed by atoms with E-state index in [-0.39, 0.29) is 0 Å². The van der Waals surface area contributed by atoms with Crippen LogP contribution in [0.2, 0.25) is 0 Å². The van der Waals surface area contributed by atoms with E-state index in [1.165, 1.54) is 59.6 Å². The van der Waals surface area contributed by atoms with Gasteiger partial charge in [-0.05, 0) is 51.2 Å². The van der Waals surface area contributed by atoms with Crippen molar-refractivity contribution in [3.8, 4) is 17.2 Å². The Balaban J connectivity index is 1.23. The first-order valence-corrected chi connectivity index (χ1v) is 19.4. The van der Waals surface area contributed by atoms with E-state index >= 15 is 0 Å². The van der Waals surface area contributed by atoms with Crippen LogP contribution in [0.5, 0.6) is 0 Å². The van der Waals surface area contributed by atoms with Crippen LogP contribution >= 0.6 is 0 Å². The van der Waals surface area contributed by atoms with Crippen LogP contribution < -0.4 is 0 Å². The van der Waals surface area contributed by atoms with Crippen molar-refractivity contribution in [3.63, 3.8) is 0 Å². The van der Waals surface area contributed by atoms with Crippen LogP contribution in [0, 0.1) is 0 Å². The van der Waals surface area contributed by atoms with E-state index in [1.54, 1.807) is 0 Å². The van der Waals surface area contributed by atoms with Gasteiger partial charge in [-0.1, -0.05) is 146 Å². The van der Waals surface area contributed by atoms with Gasteiger partial charge in [0, 0.05) is 48.7 Å². The molecule has 5 aromatic heterocycles. The number of aromatic nitrogens is 4. The number of nitrogens with zero attached hydrogens (tertiary/aromatic N) is 4. The lowest BCUT2D eigenvalue weighted by atomic mass is 9.97. The molecule has 0 spiro atoms. The lowest BCUT2D eigenvalue weighted by molar-refractivity contribution is 0.666. The first-order valence-electron chi connectivity index (χ1n) is 19.4. The molecule has 5 heterocycles. The molecule has 0 radical (unpaired) electrons. The molecule has 0 atom stereocenters. The Morgan fingerprint density at radius 1 is 0.386 bits per heavy atom. The lowest BCUT2D eigenvalue weighted by Crippen LogP contribution is -2.03. The van der Waals surface area contributed by atoms with Gasteiger partial charge >= 0.3 is 0 Å². The van der Waals surface area contributed by atoms with Gasteiger partial charge in [0.2, 0.25) is 5.95 Å². The molecule has 0 unspecified atom stereocenters. The summed E-state index contributed by atoms with van der Waals surface area (Å²) in [7, 11) is 0. The van der Waals surface area contributed by atoms with Crippen molar-refractivity contribution in [1.82, 2.24) is 18.9 Å². The predicted molar refractivity (Wildman–Crippen MR) is 236 cm³/mol. The highest BCUT2D eigenvalue weighted by Gasteiger charge is 2.28. The number of hydrogen-bond donors (Lipinski definition) is 0. The number of hydrogen-bond acceptors (Lipinski definition) is 3. The molecule has 5 heteroatoms. The topological polar surface area (TPSA) is 48.3 Å². The second-order valence-corrected chi connectivity index (χ2v) is 15.2. The van der Waals surface area contributed by atoms with E-state index < -0.39 is 0 Å². The Bertz CT molecular complexity index is 4050. The van der Waals surface area contributed by atoms with Gasteiger partial charge in [-0.2, -0.15) is 0 Å². The molecule has 57 heavy (non-hydrogen) atoms. The van der Waals surface area contributed by atoms with Gasteiger partial charge in [0.15, 0.2) is 5.58 Å². The van der Waals surface area contributed by atoms with Crippen LogP contribution in [-0.4, -0.2) is 18.9 Å². The van der Waals surface area contributed by atoms with E-state index in [4.69, 9.17) is 14.4 Å². The summed E-state index contributed by atoms with van der Waals surface area (Å²) in [6.07, 6.45) is 0. The molecule has 0 saturated carbocycles. The standard InChI is InChI=1S/C52H28N4O/c1-3-16-31-29(13-1)15-11-22-34(31)46-51-47(37-21-8-10-26-42(37)57-51)54-52(53-46)56-40-25-9-7-20-36(40)45-49(56)35-19-6-5-18-33(35)44-39-24-12-23-38-43-32-17-4-2-14-30(32)27-28-41(43)55(48(38)39)50(44)45/h1-28H. The summed E-state index contributed by atoms with van der Waals surface area (Å²) >= 11 is 0. The summed E-state index contributed by atoms with van der Waals surface area (Å²) in [5, 5.41) is 15.6. The molecule has 0 amide bonds. The predicted octanol–water partition coefficient (Wildman–Crippen LogP) is 13.7. The van der Waals surface area contributed by atoms with Gasteiger partial charge in [0.25, 0.3) is 0 Å². The van der Waals surface area contributed by atoms with Crippen LogP contribution in [0.25, 0.3) is 131 Å². The van der Waals surface area contributed by atoms with Gasteiger partial charge < -0.3 is 8.82 Å². The molecule has 0 fully saturated rings. The summed E-state index contributed by atoms with van der Waals surface area (Å²) in [6.45, 7) is 0. The van der Waals surface area contributed by atoms with Gasteiger partial charge in [0.1, 0.15) is 16.8 Å². The zero-order valence-corrected chi connectivity index (χ0v) is 30.4. The Labute approximate surface area is 323 Å². The van der Waals surface area contributed by atoms with Crippen LogP contribution in [0.3, 0.4) is 0 Å². The summed E-state index contributed by atoms with van der Waals surface area (Å²) < 4.78 is 11.5. The van der Waals surface area contributed by atoms with Crippen LogP contribution in [0.1, 0.15) is 0 Å². The van der Waals surface area contributed by atoms with Crippen molar-refractivity contribution >= 4 is 114 Å². The zero-order valence-electron chi connectivity index (χ0n) is 30.4. The normalized spacial score (nSPS) is 12.6. The van der Waals surface area contributed by atoms with Crippen molar-refractivity contribution in [2.45, 2.75) is 0 Å². The van der Waals surface area contributed by atoms with E-state index in [9.17, 15) is 0 Å². The summed E-state index contributed by atoms with van der Waals surface area (Å²) in [4.78, 5) is 11.0. The minimum absolute atomic E-state index is 0.609. The first kappa shape index (κ1) is 29.6. The highest BCUT2D eigenvalue weighted by atomic mass is 16.3. The Kier molecular flexibility index (Phi) is 5.45. The summed E-state index contributed by atoms with van der Waals surface area (Å²) in [5.74, 6) is 0.609. The minimum Gasteiger partial charge on any atom is -0.452 e. The number of fused-ring (bicyclic) bond motifs is 19. The Morgan fingerprint density at radius 2 is 1.02 bits per heavy atom. The first-order chi connectivity index (χ1) is 28.3. The molecule has 0 saturated heterocycles. The highest BCUT2D eigenvalue weighted by molar-refractivity contribution is 6.40. The molecule has 262 valence electrons. The number of rotatable bonds is 2. The van der Waals surface area contributed by atoms with E-state index in [2.05, 4.69) is 167 Å². The number of furan rings is 1. The molecule has 14 aromatic rings. The molecular formula is C52H28N4O. The molecule has 14 rings (SSSR count). The van der Waals surface area contributed by atoms with Crippen LogP contribution in [0.15, 0.2) is 174 Å². The van der Waals surface area contributed by atoms with Crippen LogP contribution in [0.4, 0.5) is 0 Å². The SMILES string of the molecule is c1ccc2c(-c3nc(-n4c5ccccc5c5c4c4ccccc4c4c6cccc7c8c9ccccc9ccc8n(c76)c45)nc4c3oc3ccccc34)cccc2c1. The van der Waals surface area contributed by atoms with Crippen molar-refractivity contribution < 1.29 is 4.42 Å². The maximum atomic E-state index is 6.66. The molecule has 0 bridgehead atoms. The fourth-order valence-corrected chi connectivity index (χ4v) is 10.2. The van der Waals surface area contributed by atoms with Crippen molar-refractivity contribution in [3.05, 3.63) is 170 Å². The lowest BCUT2D eigenvalue weighted by Gasteiger charge is -2.13. The number of benzene rings is 9. The Hall–Kier alpha value is -7.76. The third kappa shape index (κ3) is 3.64. The second kappa shape index (κ2) is 10.5. The van der Waals surface area contributed by atoms with Crippen molar-refractivity contribution in [2.75, 3.05) is 0 Å². The smallest absolute Gasteiger partial charge is 0.236 e. The average molecular weight is 725 g/mol. The largest absolute Gasteiger partial charge is 0.452 e. The average Bonchev–Trinajstić information content (AvgIpc) is 4.02. The maximum absolute atomic E-state index is 6.66. The summed E-state index contributed by atoms with van der Waals surface area (Å²) in [6, 6.07) is 60.9. The molecule has 5 nitrogen and oxygen atoms in total. The molecule has 0 aliphatic carbocycles. The highest BCUT2D eigenvalue weighted by Crippen LogP contribution is 2.49. The minimum atomic E-state index is 0.609.